The molecule has 0 aliphatic carbocycles. The molecule has 1 aromatic carbocycles. The number of ether oxygens (including phenoxy) is 1. The molecule has 3 nitrogen and oxygen atoms in total. The van der Waals surface area contributed by atoms with Crippen molar-refractivity contribution in [3.8, 4) is 0 Å². The number of rotatable bonds is 6. The summed E-state index contributed by atoms with van der Waals surface area (Å²) in [7, 11) is 0. The fourth-order valence-corrected chi connectivity index (χ4v) is 2.45. The number of halogens is 1. The van der Waals surface area contributed by atoms with Crippen molar-refractivity contribution in [3.63, 3.8) is 0 Å². The molecule has 20 heavy (non-hydrogen) atoms. The molecule has 2 unspecified atom stereocenters. The number of hydrogen-bond donors (Lipinski definition) is 1. The first kappa shape index (κ1) is 15.2. The predicted octanol–water partition coefficient (Wildman–Crippen LogP) is 3.84. The Labute approximate surface area is 128 Å². The van der Waals surface area contributed by atoms with Gasteiger partial charge in [-0.05, 0) is 36.2 Å². The lowest BCUT2D eigenvalue weighted by Gasteiger charge is -2.23. The van der Waals surface area contributed by atoms with E-state index in [0.717, 1.165) is 22.2 Å². The maximum Gasteiger partial charge on any atom is 0.115 e. The van der Waals surface area contributed by atoms with Crippen molar-refractivity contribution in [2.45, 2.75) is 32.1 Å². The van der Waals surface area contributed by atoms with Crippen LogP contribution in [0.3, 0.4) is 0 Å². The molecule has 0 bridgehead atoms. The van der Waals surface area contributed by atoms with Crippen molar-refractivity contribution in [2.75, 3.05) is 0 Å². The number of nitrogens with zero attached hydrogens (tertiary/aromatic N) is 1. The first-order valence-corrected chi connectivity index (χ1v) is 7.52. The van der Waals surface area contributed by atoms with Crippen molar-refractivity contribution in [2.24, 2.45) is 5.73 Å². The Morgan fingerprint density at radius 1 is 1.25 bits per heavy atom. The molecule has 0 spiro atoms. The SMILES string of the molecule is CCC(N)C(OCc1cccc(Br)c1)c1ccccn1. The van der Waals surface area contributed by atoms with Crippen molar-refractivity contribution >= 4 is 15.9 Å². The fraction of sp³-hybridized carbons (Fsp3) is 0.312. The minimum atomic E-state index is -0.180. The minimum Gasteiger partial charge on any atom is -0.366 e. The van der Waals surface area contributed by atoms with Crippen LogP contribution in [-0.2, 0) is 11.3 Å². The lowest BCUT2D eigenvalue weighted by molar-refractivity contribution is 0.0185. The third-order valence-electron chi connectivity index (χ3n) is 3.16. The van der Waals surface area contributed by atoms with Gasteiger partial charge in [-0.3, -0.25) is 4.98 Å². The third kappa shape index (κ3) is 4.13. The predicted molar refractivity (Wildman–Crippen MR) is 84.2 cm³/mol. The number of benzene rings is 1. The topological polar surface area (TPSA) is 48.1 Å². The molecule has 2 aromatic rings. The molecule has 0 aliphatic heterocycles. The summed E-state index contributed by atoms with van der Waals surface area (Å²) in [5.41, 5.74) is 8.17. The van der Waals surface area contributed by atoms with Gasteiger partial charge >= 0.3 is 0 Å². The van der Waals surface area contributed by atoms with Gasteiger partial charge in [0.25, 0.3) is 0 Å². The molecule has 0 fully saturated rings. The monoisotopic (exact) mass is 334 g/mol. The van der Waals surface area contributed by atoms with Gasteiger partial charge in [0, 0.05) is 16.7 Å². The van der Waals surface area contributed by atoms with E-state index in [1.165, 1.54) is 0 Å². The molecular formula is C16H19BrN2O. The van der Waals surface area contributed by atoms with Gasteiger partial charge < -0.3 is 10.5 Å². The molecule has 0 saturated heterocycles. The van der Waals surface area contributed by atoms with Gasteiger partial charge in [0.15, 0.2) is 0 Å². The zero-order valence-electron chi connectivity index (χ0n) is 11.5. The summed E-state index contributed by atoms with van der Waals surface area (Å²) in [6, 6.07) is 13.8. The summed E-state index contributed by atoms with van der Waals surface area (Å²) in [6.45, 7) is 2.58. The van der Waals surface area contributed by atoms with Crippen LogP contribution < -0.4 is 5.73 Å². The van der Waals surface area contributed by atoms with Gasteiger partial charge in [-0.25, -0.2) is 0 Å². The van der Waals surface area contributed by atoms with E-state index in [4.69, 9.17) is 10.5 Å². The quantitative estimate of drug-likeness (QED) is 0.873. The highest BCUT2D eigenvalue weighted by Gasteiger charge is 2.20. The second-order valence-corrected chi connectivity index (χ2v) is 5.60. The zero-order valence-corrected chi connectivity index (χ0v) is 13.1. The molecule has 1 heterocycles. The van der Waals surface area contributed by atoms with Crippen LogP contribution in [0.5, 0.6) is 0 Å². The Balaban J connectivity index is 2.09. The summed E-state index contributed by atoms with van der Waals surface area (Å²) in [5, 5.41) is 0. The summed E-state index contributed by atoms with van der Waals surface area (Å²) in [4.78, 5) is 4.36. The van der Waals surface area contributed by atoms with Crippen molar-refractivity contribution in [1.82, 2.24) is 4.98 Å². The van der Waals surface area contributed by atoms with Crippen LogP contribution in [-0.4, -0.2) is 11.0 Å². The lowest BCUT2D eigenvalue weighted by atomic mass is 10.1. The van der Waals surface area contributed by atoms with Crippen LogP contribution in [0.2, 0.25) is 0 Å². The fourth-order valence-electron chi connectivity index (χ4n) is 2.00. The maximum atomic E-state index is 6.17. The van der Waals surface area contributed by atoms with Gasteiger partial charge in [-0.2, -0.15) is 0 Å². The molecule has 2 rings (SSSR count). The van der Waals surface area contributed by atoms with E-state index in [0.29, 0.717) is 6.61 Å². The zero-order chi connectivity index (χ0) is 14.4. The van der Waals surface area contributed by atoms with Crippen LogP contribution >= 0.6 is 15.9 Å². The summed E-state index contributed by atoms with van der Waals surface area (Å²) >= 11 is 3.46. The van der Waals surface area contributed by atoms with Gasteiger partial charge in [-0.1, -0.05) is 41.1 Å². The Morgan fingerprint density at radius 2 is 2.10 bits per heavy atom. The standard InChI is InChI=1S/C16H19BrN2O/c1-2-14(18)16(15-8-3-4-9-19-15)20-11-12-6-5-7-13(17)10-12/h3-10,14,16H,2,11,18H2,1H3. The third-order valence-corrected chi connectivity index (χ3v) is 3.65. The highest BCUT2D eigenvalue weighted by molar-refractivity contribution is 9.10. The molecule has 1 aromatic heterocycles. The van der Waals surface area contributed by atoms with E-state index in [-0.39, 0.29) is 12.1 Å². The first-order valence-electron chi connectivity index (χ1n) is 6.73. The smallest absolute Gasteiger partial charge is 0.115 e. The van der Waals surface area contributed by atoms with Gasteiger partial charge in [-0.15, -0.1) is 0 Å². The van der Waals surface area contributed by atoms with Crippen LogP contribution in [0.15, 0.2) is 53.1 Å². The minimum absolute atomic E-state index is 0.0583. The maximum absolute atomic E-state index is 6.17. The van der Waals surface area contributed by atoms with Crippen molar-refractivity contribution in [1.29, 1.82) is 0 Å². The summed E-state index contributed by atoms with van der Waals surface area (Å²) < 4.78 is 7.06. The molecule has 0 saturated carbocycles. The lowest BCUT2D eigenvalue weighted by Crippen LogP contribution is -2.30. The molecular weight excluding hydrogens is 316 g/mol. The number of hydrogen-bond acceptors (Lipinski definition) is 3. The van der Waals surface area contributed by atoms with Crippen molar-refractivity contribution in [3.05, 3.63) is 64.4 Å². The highest BCUT2D eigenvalue weighted by atomic mass is 79.9. The molecule has 2 N–H and O–H groups in total. The van der Waals surface area contributed by atoms with E-state index in [1.54, 1.807) is 6.20 Å². The Kier molecular flexibility index (Phi) is 5.71. The number of nitrogens with two attached hydrogens (primary N) is 1. The Hall–Kier alpha value is -1.23. The molecule has 106 valence electrons. The number of pyridine rings is 1. The van der Waals surface area contributed by atoms with Crippen LogP contribution in [0.4, 0.5) is 0 Å². The normalized spacial score (nSPS) is 13.9. The first-order chi connectivity index (χ1) is 9.70. The summed E-state index contributed by atoms with van der Waals surface area (Å²) in [6.07, 6.45) is 2.44. The van der Waals surface area contributed by atoms with E-state index in [1.807, 2.05) is 42.5 Å². The van der Waals surface area contributed by atoms with Crippen LogP contribution in [0.1, 0.15) is 30.7 Å². The molecule has 0 radical (unpaired) electrons. The van der Waals surface area contributed by atoms with E-state index >= 15 is 0 Å². The Bertz CT molecular complexity index is 533. The Morgan fingerprint density at radius 3 is 2.75 bits per heavy atom. The molecule has 4 heteroatoms. The van der Waals surface area contributed by atoms with Crippen LogP contribution in [0.25, 0.3) is 0 Å². The second kappa shape index (κ2) is 7.53. The average Bonchev–Trinajstić information content (AvgIpc) is 2.48. The molecule has 0 amide bonds. The van der Waals surface area contributed by atoms with Crippen LogP contribution in [0, 0.1) is 0 Å². The van der Waals surface area contributed by atoms with Crippen molar-refractivity contribution < 1.29 is 4.74 Å². The van der Waals surface area contributed by atoms with E-state index in [9.17, 15) is 0 Å². The van der Waals surface area contributed by atoms with E-state index < -0.39 is 0 Å². The second-order valence-electron chi connectivity index (χ2n) is 4.69. The van der Waals surface area contributed by atoms with Gasteiger partial charge in [0.05, 0.1) is 12.3 Å². The van der Waals surface area contributed by atoms with E-state index in [2.05, 4.69) is 27.8 Å². The highest BCUT2D eigenvalue weighted by Crippen LogP contribution is 2.22. The summed E-state index contributed by atoms with van der Waals surface area (Å²) in [5.74, 6) is 0. The molecule has 0 aliphatic rings. The largest absolute Gasteiger partial charge is 0.366 e. The average molecular weight is 335 g/mol. The van der Waals surface area contributed by atoms with Gasteiger partial charge in [0.1, 0.15) is 6.10 Å². The number of aromatic nitrogens is 1. The van der Waals surface area contributed by atoms with Gasteiger partial charge in [0.2, 0.25) is 0 Å². The molecule has 2 atom stereocenters.